The van der Waals surface area contributed by atoms with Crippen molar-refractivity contribution in [1.29, 1.82) is 0 Å². The Morgan fingerprint density at radius 3 is 2.74 bits per heavy atom. The van der Waals surface area contributed by atoms with Crippen LogP contribution in [0.1, 0.15) is 23.0 Å². The highest BCUT2D eigenvalue weighted by molar-refractivity contribution is 7.91. The molecule has 23 heavy (non-hydrogen) atoms. The SMILES string of the molecule is CN1CC(C(=O)N2CCC(c3cccs3)S(=O)(=O)CC2)CC1=O. The van der Waals surface area contributed by atoms with Gasteiger partial charge in [0.2, 0.25) is 11.8 Å². The molecule has 0 radical (unpaired) electrons. The first-order chi connectivity index (χ1) is 10.9. The molecule has 2 atom stereocenters. The highest BCUT2D eigenvalue weighted by atomic mass is 32.2. The van der Waals surface area contributed by atoms with E-state index in [1.54, 1.807) is 16.8 Å². The van der Waals surface area contributed by atoms with Gasteiger partial charge in [-0.1, -0.05) is 6.07 Å². The van der Waals surface area contributed by atoms with Gasteiger partial charge in [-0.05, 0) is 17.9 Å². The predicted octanol–water partition coefficient (Wildman–Crippen LogP) is 0.915. The van der Waals surface area contributed by atoms with Crippen molar-refractivity contribution < 1.29 is 18.0 Å². The van der Waals surface area contributed by atoms with Crippen molar-refractivity contribution in [1.82, 2.24) is 9.80 Å². The summed E-state index contributed by atoms with van der Waals surface area (Å²) in [5, 5.41) is 1.35. The van der Waals surface area contributed by atoms with E-state index in [0.717, 1.165) is 4.88 Å². The summed E-state index contributed by atoms with van der Waals surface area (Å²) in [4.78, 5) is 28.2. The first-order valence-corrected chi connectivity index (χ1v) is 10.3. The molecule has 2 amide bonds. The van der Waals surface area contributed by atoms with Crippen LogP contribution in [-0.2, 0) is 19.4 Å². The zero-order valence-electron chi connectivity index (χ0n) is 13.0. The van der Waals surface area contributed by atoms with Gasteiger partial charge in [0.25, 0.3) is 0 Å². The molecule has 3 heterocycles. The fourth-order valence-corrected chi connectivity index (χ4v) is 6.25. The van der Waals surface area contributed by atoms with E-state index in [0.29, 0.717) is 19.5 Å². The molecule has 0 bridgehead atoms. The number of amides is 2. The number of nitrogens with zero attached hydrogens (tertiary/aromatic N) is 2. The monoisotopic (exact) mass is 356 g/mol. The first-order valence-electron chi connectivity index (χ1n) is 7.66. The van der Waals surface area contributed by atoms with Gasteiger partial charge >= 0.3 is 0 Å². The van der Waals surface area contributed by atoms with Gasteiger partial charge in [0.15, 0.2) is 9.84 Å². The molecule has 2 fully saturated rings. The largest absolute Gasteiger partial charge is 0.345 e. The van der Waals surface area contributed by atoms with Crippen LogP contribution in [0.25, 0.3) is 0 Å². The average molecular weight is 356 g/mol. The number of rotatable bonds is 2. The molecule has 8 heteroatoms. The summed E-state index contributed by atoms with van der Waals surface area (Å²) in [5.41, 5.74) is 0. The highest BCUT2D eigenvalue weighted by Gasteiger charge is 2.38. The lowest BCUT2D eigenvalue weighted by Crippen LogP contribution is -2.39. The standard InChI is InChI=1S/C15H20N2O4S2/c1-16-10-11(9-14(16)18)15(19)17-5-4-13(12-3-2-7-22-12)23(20,21)8-6-17/h2-3,7,11,13H,4-6,8-10H2,1H3. The first kappa shape index (κ1) is 16.4. The lowest BCUT2D eigenvalue weighted by Gasteiger charge is -2.23. The van der Waals surface area contributed by atoms with Crippen molar-refractivity contribution in [3.63, 3.8) is 0 Å². The van der Waals surface area contributed by atoms with Gasteiger partial charge < -0.3 is 9.80 Å². The topological polar surface area (TPSA) is 74.8 Å². The van der Waals surface area contributed by atoms with Gasteiger partial charge in [-0.3, -0.25) is 9.59 Å². The average Bonchev–Trinajstić information content (AvgIpc) is 3.09. The van der Waals surface area contributed by atoms with Gasteiger partial charge in [-0.2, -0.15) is 0 Å². The molecule has 6 nitrogen and oxygen atoms in total. The van der Waals surface area contributed by atoms with Crippen molar-refractivity contribution in [3.8, 4) is 0 Å². The Kier molecular flexibility index (Phi) is 4.46. The molecule has 2 saturated heterocycles. The minimum Gasteiger partial charge on any atom is -0.345 e. The van der Waals surface area contributed by atoms with Crippen molar-refractivity contribution >= 4 is 33.0 Å². The Morgan fingerprint density at radius 1 is 1.35 bits per heavy atom. The number of carbonyl (C=O) groups is 2. The molecule has 3 rings (SSSR count). The van der Waals surface area contributed by atoms with Crippen LogP contribution in [0.5, 0.6) is 0 Å². The predicted molar refractivity (Wildman–Crippen MR) is 87.8 cm³/mol. The number of hydrogen-bond acceptors (Lipinski definition) is 5. The summed E-state index contributed by atoms with van der Waals surface area (Å²) in [7, 11) is -1.57. The van der Waals surface area contributed by atoms with E-state index < -0.39 is 15.1 Å². The molecule has 2 aliphatic heterocycles. The van der Waals surface area contributed by atoms with Crippen LogP contribution in [0, 0.1) is 5.92 Å². The summed E-state index contributed by atoms with van der Waals surface area (Å²) in [6.45, 7) is 1.07. The summed E-state index contributed by atoms with van der Waals surface area (Å²) in [5.74, 6) is -0.474. The molecule has 126 valence electrons. The summed E-state index contributed by atoms with van der Waals surface area (Å²) >= 11 is 1.44. The summed E-state index contributed by atoms with van der Waals surface area (Å²) in [6, 6.07) is 3.69. The molecular weight excluding hydrogens is 336 g/mol. The van der Waals surface area contributed by atoms with Gasteiger partial charge in [0, 0.05) is 38.0 Å². The van der Waals surface area contributed by atoms with E-state index in [2.05, 4.69) is 0 Å². The molecule has 0 N–H and O–H groups in total. The maximum atomic E-state index is 12.6. The van der Waals surface area contributed by atoms with Crippen LogP contribution in [0.3, 0.4) is 0 Å². The fraction of sp³-hybridized carbons (Fsp3) is 0.600. The molecule has 1 aromatic heterocycles. The third-order valence-electron chi connectivity index (χ3n) is 4.60. The van der Waals surface area contributed by atoms with Crippen molar-refractivity contribution in [3.05, 3.63) is 22.4 Å². The van der Waals surface area contributed by atoms with E-state index in [-0.39, 0.29) is 36.5 Å². The second-order valence-electron chi connectivity index (χ2n) is 6.16. The van der Waals surface area contributed by atoms with E-state index in [4.69, 9.17) is 0 Å². The van der Waals surface area contributed by atoms with Crippen LogP contribution in [0.4, 0.5) is 0 Å². The maximum absolute atomic E-state index is 12.6. The van der Waals surface area contributed by atoms with Crippen molar-refractivity contribution in [2.75, 3.05) is 32.4 Å². The molecule has 0 spiro atoms. The van der Waals surface area contributed by atoms with E-state index in [1.807, 2.05) is 17.5 Å². The van der Waals surface area contributed by atoms with Crippen LogP contribution >= 0.6 is 11.3 Å². The quantitative estimate of drug-likeness (QED) is 0.790. The Bertz CT molecular complexity index is 699. The van der Waals surface area contributed by atoms with Crippen molar-refractivity contribution in [2.24, 2.45) is 5.92 Å². The molecular formula is C15H20N2O4S2. The Balaban J connectivity index is 1.73. The Labute approximate surface area is 140 Å². The summed E-state index contributed by atoms with van der Waals surface area (Å²) in [6.07, 6.45) is 0.651. The number of likely N-dealkylation sites (tertiary alicyclic amines) is 1. The van der Waals surface area contributed by atoms with Crippen LogP contribution in [0.15, 0.2) is 17.5 Å². The maximum Gasteiger partial charge on any atom is 0.228 e. The number of carbonyl (C=O) groups excluding carboxylic acids is 2. The number of sulfone groups is 1. The van der Waals surface area contributed by atoms with E-state index >= 15 is 0 Å². The fourth-order valence-electron chi connectivity index (χ4n) is 3.25. The highest BCUT2D eigenvalue weighted by Crippen LogP contribution is 2.33. The van der Waals surface area contributed by atoms with Gasteiger partial charge in [0.05, 0.1) is 16.9 Å². The number of hydrogen-bond donors (Lipinski definition) is 0. The van der Waals surface area contributed by atoms with Crippen LogP contribution in [-0.4, -0.2) is 62.5 Å². The minimum absolute atomic E-state index is 0.0161. The molecule has 0 aliphatic carbocycles. The third-order valence-corrected chi connectivity index (χ3v) is 7.85. The molecule has 1 aromatic rings. The second-order valence-corrected chi connectivity index (χ2v) is 9.44. The smallest absolute Gasteiger partial charge is 0.228 e. The Morgan fingerprint density at radius 2 is 2.13 bits per heavy atom. The van der Waals surface area contributed by atoms with Gasteiger partial charge in [-0.25, -0.2) is 8.42 Å². The van der Waals surface area contributed by atoms with Crippen LogP contribution in [0.2, 0.25) is 0 Å². The second kappa shape index (κ2) is 6.24. The zero-order valence-corrected chi connectivity index (χ0v) is 14.6. The van der Waals surface area contributed by atoms with E-state index in [1.165, 1.54) is 11.3 Å². The lowest BCUT2D eigenvalue weighted by molar-refractivity contribution is -0.135. The number of thiophene rings is 1. The molecule has 0 saturated carbocycles. The Hall–Kier alpha value is -1.41. The van der Waals surface area contributed by atoms with Gasteiger partial charge in [-0.15, -0.1) is 11.3 Å². The van der Waals surface area contributed by atoms with Crippen molar-refractivity contribution in [2.45, 2.75) is 18.1 Å². The lowest BCUT2D eigenvalue weighted by atomic mass is 10.1. The van der Waals surface area contributed by atoms with Crippen LogP contribution < -0.4 is 0 Å². The third kappa shape index (κ3) is 3.28. The molecule has 2 aliphatic rings. The normalized spacial score (nSPS) is 28.0. The minimum atomic E-state index is -3.26. The summed E-state index contributed by atoms with van der Waals surface area (Å²) < 4.78 is 25.0. The molecule has 0 aromatic carbocycles. The van der Waals surface area contributed by atoms with Gasteiger partial charge in [0.1, 0.15) is 0 Å². The van der Waals surface area contributed by atoms with E-state index in [9.17, 15) is 18.0 Å². The zero-order chi connectivity index (χ0) is 16.6. The molecule has 2 unspecified atom stereocenters.